The zero-order valence-electron chi connectivity index (χ0n) is 12.5. The highest BCUT2D eigenvalue weighted by molar-refractivity contribution is 5.67. The summed E-state index contributed by atoms with van der Waals surface area (Å²) in [5.41, 5.74) is 13.8. The summed E-state index contributed by atoms with van der Waals surface area (Å²) in [4.78, 5) is 0. The molecule has 0 unspecified atom stereocenters. The molecule has 6 heteroatoms. The molecule has 0 spiro atoms. The van der Waals surface area contributed by atoms with Crippen LogP contribution in [0.15, 0.2) is 18.2 Å². The topological polar surface area (TPSA) is 95.6 Å². The number of nitrogens with zero attached hydrogens (tertiary/aromatic N) is 4. The Morgan fingerprint density at radius 2 is 1.75 bits per heavy atom. The van der Waals surface area contributed by atoms with E-state index in [1.54, 1.807) is 6.07 Å². The zero-order valence-corrected chi connectivity index (χ0v) is 12.5. The van der Waals surface area contributed by atoms with E-state index < -0.39 is 0 Å². The van der Waals surface area contributed by atoms with Crippen molar-refractivity contribution in [2.45, 2.75) is 34.2 Å². The average molecular weight is 274 g/mol. The molecule has 1 aromatic carbocycles. The molecule has 20 heavy (non-hydrogen) atoms. The standard InChI is InChI=1S/C14H22N6/c1-9(2)14(3,4)8-20-13(17-18-19-20)10-5-11(15)7-12(16)6-10/h5-7,9H,8,15-16H2,1-4H3. The number of tetrazole rings is 1. The van der Waals surface area contributed by atoms with E-state index in [0.29, 0.717) is 23.1 Å². The van der Waals surface area contributed by atoms with Crippen LogP contribution < -0.4 is 11.5 Å². The summed E-state index contributed by atoms with van der Waals surface area (Å²) in [7, 11) is 0. The second-order valence-corrected chi connectivity index (χ2v) is 6.19. The van der Waals surface area contributed by atoms with E-state index in [2.05, 4.69) is 43.2 Å². The van der Waals surface area contributed by atoms with Gasteiger partial charge in [-0.05, 0) is 40.0 Å². The van der Waals surface area contributed by atoms with E-state index in [-0.39, 0.29) is 5.41 Å². The number of nitrogen functional groups attached to an aromatic ring is 2. The summed E-state index contributed by atoms with van der Waals surface area (Å²) >= 11 is 0. The van der Waals surface area contributed by atoms with Crippen molar-refractivity contribution in [3.63, 3.8) is 0 Å². The first kappa shape index (κ1) is 14.3. The first-order chi connectivity index (χ1) is 9.29. The summed E-state index contributed by atoms with van der Waals surface area (Å²) in [5, 5.41) is 12.0. The highest BCUT2D eigenvalue weighted by Gasteiger charge is 2.25. The van der Waals surface area contributed by atoms with Gasteiger partial charge in [0.25, 0.3) is 0 Å². The van der Waals surface area contributed by atoms with Crippen LogP contribution in [-0.2, 0) is 6.54 Å². The summed E-state index contributed by atoms with van der Waals surface area (Å²) < 4.78 is 1.81. The maximum Gasteiger partial charge on any atom is 0.182 e. The highest BCUT2D eigenvalue weighted by Crippen LogP contribution is 2.30. The van der Waals surface area contributed by atoms with Crippen LogP contribution in [0, 0.1) is 11.3 Å². The minimum absolute atomic E-state index is 0.0933. The summed E-state index contributed by atoms with van der Waals surface area (Å²) in [5.74, 6) is 1.21. The van der Waals surface area contributed by atoms with Gasteiger partial charge in [-0.1, -0.05) is 27.7 Å². The molecule has 0 bridgehead atoms. The van der Waals surface area contributed by atoms with Gasteiger partial charge in [-0.2, -0.15) is 0 Å². The molecule has 1 heterocycles. The van der Waals surface area contributed by atoms with Crippen molar-refractivity contribution in [3.05, 3.63) is 18.2 Å². The van der Waals surface area contributed by atoms with Crippen LogP contribution in [0.3, 0.4) is 0 Å². The molecule has 0 atom stereocenters. The lowest BCUT2D eigenvalue weighted by atomic mass is 9.81. The van der Waals surface area contributed by atoms with Gasteiger partial charge in [-0.15, -0.1) is 5.10 Å². The lowest BCUT2D eigenvalue weighted by Gasteiger charge is -2.29. The molecule has 0 aliphatic carbocycles. The third kappa shape index (κ3) is 2.89. The second-order valence-electron chi connectivity index (χ2n) is 6.19. The van der Waals surface area contributed by atoms with E-state index in [4.69, 9.17) is 11.5 Å². The minimum atomic E-state index is 0.0933. The highest BCUT2D eigenvalue weighted by atomic mass is 15.5. The van der Waals surface area contributed by atoms with Crippen LogP contribution in [0.25, 0.3) is 11.4 Å². The Balaban J connectivity index is 2.38. The molecule has 0 fully saturated rings. The van der Waals surface area contributed by atoms with Gasteiger partial charge in [0.05, 0.1) is 6.54 Å². The van der Waals surface area contributed by atoms with Crippen molar-refractivity contribution in [1.82, 2.24) is 20.2 Å². The number of aromatic nitrogens is 4. The van der Waals surface area contributed by atoms with Crippen molar-refractivity contribution < 1.29 is 0 Å². The van der Waals surface area contributed by atoms with Crippen LogP contribution in [0.1, 0.15) is 27.7 Å². The molecule has 2 rings (SSSR count). The quantitative estimate of drug-likeness (QED) is 0.833. The minimum Gasteiger partial charge on any atom is -0.399 e. The Morgan fingerprint density at radius 3 is 2.30 bits per heavy atom. The van der Waals surface area contributed by atoms with Gasteiger partial charge in [0.15, 0.2) is 5.82 Å². The van der Waals surface area contributed by atoms with Gasteiger partial charge in [-0.3, -0.25) is 0 Å². The van der Waals surface area contributed by atoms with Crippen molar-refractivity contribution in [2.24, 2.45) is 11.3 Å². The largest absolute Gasteiger partial charge is 0.399 e. The number of benzene rings is 1. The molecular formula is C14H22N6. The molecule has 0 aliphatic heterocycles. The molecule has 0 saturated heterocycles. The SMILES string of the molecule is CC(C)C(C)(C)Cn1nnnc1-c1cc(N)cc(N)c1. The van der Waals surface area contributed by atoms with Crippen molar-refractivity contribution in [2.75, 3.05) is 11.5 Å². The fourth-order valence-electron chi connectivity index (χ4n) is 1.89. The molecule has 4 N–H and O–H groups in total. The number of hydrogen-bond acceptors (Lipinski definition) is 5. The van der Waals surface area contributed by atoms with E-state index in [9.17, 15) is 0 Å². The zero-order chi connectivity index (χ0) is 14.9. The molecule has 0 amide bonds. The number of anilines is 2. The molecular weight excluding hydrogens is 252 g/mol. The van der Waals surface area contributed by atoms with Gasteiger partial charge < -0.3 is 11.5 Å². The third-order valence-corrected chi connectivity index (χ3v) is 3.89. The van der Waals surface area contributed by atoms with Crippen molar-refractivity contribution in [3.8, 4) is 11.4 Å². The monoisotopic (exact) mass is 274 g/mol. The van der Waals surface area contributed by atoms with Crippen molar-refractivity contribution >= 4 is 11.4 Å². The van der Waals surface area contributed by atoms with Crippen LogP contribution in [-0.4, -0.2) is 20.2 Å². The van der Waals surface area contributed by atoms with E-state index in [1.807, 2.05) is 16.8 Å². The van der Waals surface area contributed by atoms with Gasteiger partial charge in [-0.25, -0.2) is 4.68 Å². The Hall–Kier alpha value is -2.11. The normalized spacial score (nSPS) is 12.1. The lowest BCUT2D eigenvalue weighted by Crippen LogP contribution is -2.26. The number of nitrogens with two attached hydrogens (primary N) is 2. The van der Waals surface area contributed by atoms with Crippen LogP contribution in [0.5, 0.6) is 0 Å². The van der Waals surface area contributed by atoms with Crippen LogP contribution >= 0.6 is 0 Å². The third-order valence-electron chi connectivity index (χ3n) is 3.89. The predicted molar refractivity (Wildman–Crippen MR) is 80.7 cm³/mol. The molecule has 2 aromatic rings. The van der Waals surface area contributed by atoms with E-state index in [1.165, 1.54) is 0 Å². The van der Waals surface area contributed by atoms with Crippen molar-refractivity contribution in [1.29, 1.82) is 0 Å². The fraction of sp³-hybridized carbons (Fsp3) is 0.500. The van der Waals surface area contributed by atoms with Crippen LogP contribution in [0.2, 0.25) is 0 Å². The average Bonchev–Trinajstić information content (AvgIpc) is 2.74. The Kier molecular flexibility index (Phi) is 3.65. The predicted octanol–water partition coefficient (Wildman–Crippen LogP) is 2.19. The number of rotatable bonds is 4. The fourth-order valence-corrected chi connectivity index (χ4v) is 1.89. The Labute approximate surface area is 119 Å². The molecule has 6 nitrogen and oxygen atoms in total. The van der Waals surface area contributed by atoms with Gasteiger partial charge >= 0.3 is 0 Å². The van der Waals surface area contributed by atoms with Gasteiger partial charge in [0.2, 0.25) is 0 Å². The summed E-state index contributed by atoms with van der Waals surface area (Å²) in [6.07, 6.45) is 0. The molecule has 1 aromatic heterocycles. The molecule has 108 valence electrons. The van der Waals surface area contributed by atoms with Crippen LogP contribution in [0.4, 0.5) is 11.4 Å². The first-order valence-corrected chi connectivity index (χ1v) is 6.72. The summed E-state index contributed by atoms with van der Waals surface area (Å²) in [6, 6.07) is 5.39. The molecule has 0 aliphatic rings. The maximum absolute atomic E-state index is 5.83. The Morgan fingerprint density at radius 1 is 1.15 bits per heavy atom. The summed E-state index contributed by atoms with van der Waals surface area (Å²) in [6.45, 7) is 9.54. The lowest BCUT2D eigenvalue weighted by molar-refractivity contribution is 0.200. The smallest absolute Gasteiger partial charge is 0.182 e. The number of hydrogen-bond donors (Lipinski definition) is 2. The van der Waals surface area contributed by atoms with Gasteiger partial charge in [0, 0.05) is 16.9 Å². The van der Waals surface area contributed by atoms with E-state index in [0.717, 1.165) is 12.1 Å². The maximum atomic E-state index is 5.83. The first-order valence-electron chi connectivity index (χ1n) is 6.72. The molecule has 0 radical (unpaired) electrons. The second kappa shape index (κ2) is 5.11. The molecule has 0 saturated carbocycles. The Bertz CT molecular complexity index is 579. The van der Waals surface area contributed by atoms with Gasteiger partial charge in [0.1, 0.15) is 0 Å². The van der Waals surface area contributed by atoms with E-state index >= 15 is 0 Å².